The van der Waals surface area contributed by atoms with Gasteiger partial charge in [0.1, 0.15) is 72.1 Å². The molecule has 3 aromatic heterocycles. The summed E-state index contributed by atoms with van der Waals surface area (Å²) in [7, 11) is -4.64. The number of ether oxygens (including phenoxy) is 5. The predicted octanol–water partition coefficient (Wildman–Crippen LogP) is 6.05. The third-order valence-corrected chi connectivity index (χ3v) is 23.7. The minimum atomic E-state index is -4.91. The first-order valence-electron chi connectivity index (χ1n) is 40.4. The lowest BCUT2D eigenvalue weighted by Crippen LogP contribution is -2.57. The van der Waals surface area contributed by atoms with E-state index in [0.717, 1.165) is 17.1 Å². The molecule has 2 aliphatic heterocycles. The maximum atomic E-state index is 14.6. The number of para-hydroxylation sites is 2. The van der Waals surface area contributed by atoms with Gasteiger partial charge in [0.2, 0.25) is 47.4 Å². The Morgan fingerprint density at radius 2 is 1.40 bits per heavy atom. The normalized spacial score (nSPS) is 14.3. The molecule has 127 heavy (non-hydrogen) atoms. The van der Waals surface area contributed by atoms with Gasteiger partial charge >= 0.3 is 12.0 Å². The summed E-state index contributed by atoms with van der Waals surface area (Å²) < 4.78 is 111. The lowest BCUT2D eigenvalue weighted by Gasteiger charge is -2.42. The van der Waals surface area contributed by atoms with Gasteiger partial charge in [-0.1, -0.05) is 80.0 Å². The topological polar surface area (TPSA) is 505 Å². The summed E-state index contributed by atoms with van der Waals surface area (Å²) in [6, 6.07) is 25.6. The number of fused-ring (bicyclic) bond motifs is 1. The van der Waals surface area contributed by atoms with Crippen LogP contribution >= 0.6 is 22.9 Å². The van der Waals surface area contributed by atoms with Gasteiger partial charge < -0.3 is 75.8 Å². The Morgan fingerprint density at radius 3 is 2.09 bits per heavy atom. The highest BCUT2D eigenvalue weighted by Gasteiger charge is 2.36. The van der Waals surface area contributed by atoms with Crippen molar-refractivity contribution in [3.63, 3.8) is 0 Å². The third-order valence-electron chi connectivity index (χ3n) is 20.9. The molecule has 0 saturated carbocycles. The zero-order valence-electron chi connectivity index (χ0n) is 70.4. The monoisotopic (exact) mass is 1830 g/mol. The van der Waals surface area contributed by atoms with Gasteiger partial charge in [-0.15, -0.1) is 11.3 Å². The molecule has 0 spiro atoms. The van der Waals surface area contributed by atoms with Crippen molar-refractivity contribution in [2.24, 2.45) is 11.7 Å². The summed E-state index contributed by atoms with van der Waals surface area (Å²) in [5.74, 6) is -9.45. The molecule has 8 aromatic rings. The molecule has 5 aromatic carbocycles. The second kappa shape index (κ2) is 44.8. The summed E-state index contributed by atoms with van der Waals surface area (Å²) in [6.45, 7) is 7.63. The number of carboxylic acids is 1. The van der Waals surface area contributed by atoms with Crippen molar-refractivity contribution >= 4 is 118 Å². The van der Waals surface area contributed by atoms with E-state index in [1.807, 2.05) is 31.3 Å². The first-order chi connectivity index (χ1) is 60.4. The molecule has 10 amide bonds. The Bertz CT molecular complexity index is 5610. The largest absolute Gasteiger partial charge is 0.496 e. The average Bonchev–Trinajstić information content (AvgIpc) is 1.59. The Morgan fingerprint density at radius 1 is 0.724 bits per heavy atom. The predicted molar refractivity (Wildman–Crippen MR) is 465 cm³/mol. The van der Waals surface area contributed by atoms with Crippen molar-refractivity contribution in [2.45, 2.75) is 103 Å². The number of aromatic nitrogens is 4. The maximum Gasteiger partial charge on any atom is 0.345 e. The van der Waals surface area contributed by atoms with Crippen LogP contribution in [0.3, 0.4) is 0 Å². The number of carbonyl (C=O) groups is 10. The summed E-state index contributed by atoms with van der Waals surface area (Å²) in [4.78, 5) is 155. The van der Waals surface area contributed by atoms with Crippen LogP contribution in [-0.4, -0.2) is 259 Å². The molecule has 11 N–H and O–H groups in total. The van der Waals surface area contributed by atoms with Crippen molar-refractivity contribution in [1.82, 2.24) is 61.2 Å². The van der Waals surface area contributed by atoms with Crippen LogP contribution in [0.5, 0.6) is 23.1 Å². The highest BCUT2D eigenvalue weighted by Crippen LogP contribution is 2.50. The van der Waals surface area contributed by atoms with Gasteiger partial charge in [0.05, 0.1) is 68.7 Å². The molecule has 37 nitrogen and oxygen atoms in total. The number of amides is 10. The van der Waals surface area contributed by atoms with Crippen molar-refractivity contribution in [3.8, 4) is 56.1 Å². The molecule has 678 valence electrons. The zero-order chi connectivity index (χ0) is 91.9. The number of hydrogen-bond donors (Lipinski definition) is 10. The van der Waals surface area contributed by atoms with E-state index in [2.05, 4.69) is 51.8 Å². The number of urea groups is 1. The fraction of sp³-hybridized carbons (Fsp3) is 0.388. The summed E-state index contributed by atoms with van der Waals surface area (Å²) in [6.07, 6.45) is 2.94. The molecule has 5 heterocycles. The van der Waals surface area contributed by atoms with Crippen LogP contribution in [0.2, 0.25) is 5.02 Å². The number of carbonyl (C=O) groups excluding carboxylic acids is 9. The van der Waals surface area contributed by atoms with E-state index in [1.165, 1.54) is 41.7 Å². The number of likely N-dealkylation sites (N-methyl/N-ethyl adjacent to an activating group) is 2. The van der Waals surface area contributed by atoms with Crippen LogP contribution in [-0.2, 0) is 94.2 Å². The maximum absolute atomic E-state index is 14.6. The van der Waals surface area contributed by atoms with E-state index < -0.39 is 127 Å². The molecular formula is C85H100ClFN15O22S3+. The van der Waals surface area contributed by atoms with Crippen LogP contribution in [0.15, 0.2) is 134 Å². The van der Waals surface area contributed by atoms with Gasteiger partial charge in [0, 0.05) is 99.2 Å². The number of piperazine rings is 1. The van der Waals surface area contributed by atoms with E-state index >= 15 is 0 Å². The standard InChI is InChI=1S/C85H99ClFN15O22S3/c1-51(2)76(98-68(103)30-40-121-41-37-101-71(106)27-28-72(101)107)80(109)97-62(15-11-32-91-85(88)113)79(108)95-58-24-21-55(56(43-58)45-99(4)83(110)63(96-70(105)49-127(117,118)119)16-12-31-89-69(104)48-126(114,115)116)46-102(5)38-34-100(35-39-102)36-42-122-66-26-25-60(52(3)75(66)86)73-74-81(92-50-93-82(74)125-77(73)53-19-22-57(87)23-20-53)124-67(84(111)112)44-54-13-7-9-17-64(54)123-47-59-29-33-90-78(94-59)61-14-8-10-18-65(61)120-6/h7-10,13-14,17-29,33,43,50-51,62-63,67,76H,11-12,15-16,30-32,34-42,44-49H2,1-6H3,(H10-,88,89,91,95,96,97,98,103,104,105,108,109,111,112,113,114,115,116,117,118,119)/p+1/t62-,63-,67+,76-/m0/s1. The Kier molecular flexibility index (Phi) is 34.2. The number of nitrogens with two attached hydrogens (primary N) is 1. The van der Waals surface area contributed by atoms with Crippen molar-refractivity contribution in [2.75, 3.05) is 110 Å². The number of nitrogens with one attached hydrogen (secondary N) is 6. The number of nitrogens with zero attached hydrogens (tertiary/aromatic N) is 8. The number of quaternary nitrogens is 1. The molecule has 42 heteroatoms. The van der Waals surface area contributed by atoms with Crippen LogP contribution in [0.1, 0.15) is 73.9 Å². The zero-order valence-corrected chi connectivity index (χ0v) is 73.6. The molecule has 0 bridgehead atoms. The van der Waals surface area contributed by atoms with Crippen LogP contribution in [0.25, 0.3) is 43.2 Å². The number of thiophene rings is 1. The second-order valence-corrected chi connectivity index (χ2v) is 35.1. The van der Waals surface area contributed by atoms with Crippen molar-refractivity contribution < 1.29 is 112 Å². The molecule has 1 fully saturated rings. The van der Waals surface area contributed by atoms with Crippen LogP contribution in [0.4, 0.5) is 14.9 Å². The summed E-state index contributed by atoms with van der Waals surface area (Å²) in [5.41, 5.74) is 10.7. The number of anilines is 1. The quantitative estimate of drug-likeness (QED) is 0.00898. The molecule has 1 saturated heterocycles. The lowest BCUT2D eigenvalue weighted by atomic mass is 9.96. The number of halogens is 2. The van der Waals surface area contributed by atoms with Gasteiger partial charge in [-0.25, -0.2) is 33.9 Å². The molecule has 10 rings (SSSR count). The first-order valence-corrected chi connectivity index (χ1v) is 44.8. The molecule has 4 atom stereocenters. The van der Waals surface area contributed by atoms with Crippen molar-refractivity contribution in [3.05, 3.63) is 173 Å². The number of primary amides is 1. The number of imide groups is 1. The van der Waals surface area contributed by atoms with Crippen molar-refractivity contribution in [1.29, 1.82) is 0 Å². The summed E-state index contributed by atoms with van der Waals surface area (Å²) >= 11 is 8.58. The number of carboxylic acid groups (broad SMARTS) is 1. The third kappa shape index (κ3) is 28.1. The van der Waals surface area contributed by atoms with Crippen LogP contribution < -0.4 is 56.6 Å². The Hall–Kier alpha value is -12.2. The first kappa shape index (κ1) is 97.0. The highest BCUT2D eigenvalue weighted by molar-refractivity contribution is 7.86. The number of benzene rings is 5. The molecule has 0 aliphatic carbocycles. The molecular weight excluding hydrogens is 1730 g/mol. The number of aliphatic carboxylic acids is 1. The van der Waals surface area contributed by atoms with Gasteiger partial charge in [-0.05, 0) is 121 Å². The number of methoxy groups -OCH3 is 1. The van der Waals surface area contributed by atoms with E-state index in [1.54, 1.807) is 107 Å². The fourth-order valence-electron chi connectivity index (χ4n) is 14.2. The number of rotatable bonds is 46. The van der Waals surface area contributed by atoms with Gasteiger partial charge in [0.15, 0.2) is 17.3 Å². The van der Waals surface area contributed by atoms with Gasteiger partial charge in [0.25, 0.3) is 32.1 Å². The van der Waals surface area contributed by atoms with E-state index in [-0.39, 0.29) is 108 Å². The minimum Gasteiger partial charge on any atom is -0.496 e. The smallest absolute Gasteiger partial charge is 0.345 e. The van der Waals surface area contributed by atoms with Gasteiger partial charge in [-0.3, -0.25) is 57.3 Å². The fourth-order valence-corrected chi connectivity index (χ4v) is 16.4. The second-order valence-electron chi connectivity index (χ2n) is 30.8. The van der Waals surface area contributed by atoms with E-state index in [9.17, 15) is 83.4 Å². The molecule has 0 unspecified atom stereocenters. The molecule has 2 aliphatic rings. The molecule has 0 radical (unpaired) electrons. The van der Waals surface area contributed by atoms with Gasteiger partial charge in [-0.2, -0.15) is 16.8 Å². The number of hydrogen-bond acceptors (Lipinski definition) is 25. The van der Waals surface area contributed by atoms with Crippen LogP contribution in [0, 0.1) is 18.7 Å². The summed E-state index contributed by atoms with van der Waals surface area (Å²) in [5, 5.41) is 26.9. The minimum absolute atomic E-state index is 0.00220. The highest BCUT2D eigenvalue weighted by atomic mass is 35.5. The Labute approximate surface area is 740 Å². The van der Waals surface area contributed by atoms with E-state index in [4.69, 9.17) is 46.0 Å². The van der Waals surface area contributed by atoms with E-state index in [0.29, 0.717) is 132 Å². The SMILES string of the molecule is COc1ccccc1-c1nccc(COc2ccccc2C[C@@H](Oc2ncnc3sc(-c4ccc(F)cc4)c(-c4ccc(OCCN5CC[N+](C)(Cc6ccc(NC(=O)[C@H](CCCNC(N)=O)NC(=O)[C@@H](NC(=O)CCOCCN7C(=O)C=CC7=O)C(C)C)cc6CN(C)C(=O)[C@H](CCCNC(=O)CS(=O)(=O)O)NC(=O)CS(=O)(=O)O)CC5)c(Cl)c4C)c23)C(=O)O)n1. The Balaban J connectivity index is 0.845. The lowest BCUT2D eigenvalue weighted by molar-refractivity contribution is -0.926. The average molecular weight is 1830 g/mol.